The van der Waals surface area contributed by atoms with Crippen LogP contribution in [-0.2, 0) is 12.9 Å². The molecule has 4 rings (SSSR count). The van der Waals surface area contributed by atoms with E-state index in [0.29, 0.717) is 12.9 Å². The summed E-state index contributed by atoms with van der Waals surface area (Å²) in [6.07, 6.45) is 0.530. The number of benzene rings is 3. The van der Waals surface area contributed by atoms with E-state index in [1.807, 2.05) is 59.3 Å². The zero-order chi connectivity index (χ0) is 19.3. The van der Waals surface area contributed by atoms with E-state index in [0.717, 1.165) is 39.4 Å². The maximum absolute atomic E-state index is 5.72. The fourth-order valence-electron chi connectivity index (χ4n) is 3.16. The SMILES string of the molecule is [B]Cc1ccc(-c2ccccc2-c2nnnn2Cc2ccc(OC)cc2)cc1. The quantitative estimate of drug-likeness (QED) is 0.488. The molecule has 0 amide bonds. The van der Waals surface area contributed by atoms with E-state index in [4.69, 9.17) is 12.6 Å². The lowest BCUT2D eigenvalue weighted by molar-refractivity contribution is 0.414. The van der Waals surface area contributed by atoms with Crippen molar-refractivity contribution in [1.29, 1.82) is 0 Å². The highest BCUT2D eigenvalue weighted by atomic mass is 16.5. The Balaban J connectivity index is 1.69. The van der Waals surface area contributed by atoms with E-state index in [1.54, 1.807) is 7.11 Å². The van der Waals surface area contributed by atoms with Crippen molar-refractivity contribution >= 4 is 7.85 Å². The number of rotatable bonds is 6. The van der Waals surface area contributed by atoms with Crippen molar-refractivity contribution in [1.82, 2.24) is 20.2 Å². The second-order valence-electron chi connectivity index (χ2n) is 6.45. The topological polar surface area (TPSA) is 52.8 Å². The van der Waals surface area contributed by atoms with Gasteiger partial charge in [0.2, 0.25) is 0 Å². The summed E-state index contributed by atoms with van der Waals surface area (Å²) in [5.41, 5.74) is 5.37. The van der Waals surface area contributed by atoms with Crippen LogP contribution in [0.1, 0.15) is 11.1 Å². The second kappa shape index (κ2) is 8.09. The Hall–Kier alpha value is -3.41. The third kappa shape index (κ3) is 3.67. The lowest BCUT2D eigenvalue weighted by Gasteiger charge is -2.11. The molecular weight excluding hydrogens is 347 g/mol. The van der Waals surface area contributed by atoms with Crippen LogP contribution in [0, 0.1) is 0 Å². The fourth-order valence-corrected chi connectivity index (χ4v) is 3.16. The Morgan fingerprint density at radius 2 is 1.54 bits per heavy atom. The van der Waals surface area contributed by atoms with Gasteiger partial charge < -0.3 is 4.74 Å². The van der Waals surface area contributed by atoms with Crippen LogP contribution in [0.2, 0.25) is 0 Å². The average Bonchev–Trinajstić information content (AvgIpc) is 3.22. The number of aromatic nitrogens is 4. The molecule has 28 heavy (non-hydrogen) atoms. The first-order valence-corrected chi connectivity index (χ1v) is 9.06. The second-order valence-corrected chi connectivity index (χ2v) is 6.45. The number of nitrogens with zero attached hydrogens (tertiary/aromatic N) is 4. The molecule has 136 valence electrons. The molecule has 0 spiro atoms. The van der Waals surface area contributed by atoms with Crippen LogP contribution in [0.25, 0.3) is 22.5 Å². The number of methoxy groups -OCH3 is 1. The molecule has 0 aliphatic rings. The van der Waals surface area contributed by atoms with E-state index in [2.05, 4.69) is 33.7 Å². The molecule has 1 aromatic heterocycles. The minimum absolute atomic E-state index is 0.530. The molecule has 1 heterocycles. The van der Waals surface area contributed by atoms with Gasteiger partial charge in [0, 0.05) is 5.56 Å². The van der Waals surface area contributed by atoms with Crippen molar-refractivity contribution in [2.75, 3.05) is 7.11 Å². The molecule has 0 aliphatic heterocycles. The summed E-state index contributed by atoms with van der Waals surface area (Å²) in [6, 6.07) is 24.3. The summed E-state index contributed by atoms with van der Waals surface area (Å²) in [6.45, 7) is 0.576. The normalized spacial score (nSPS) is 10.8. The molecule has 5 nitrogen and oxygen atoms in total. The predicted molar refractivity (Wildman–Crippen MR) is 110 cm³/mol. The molecule has 0 saturated heterocycles. The van der Waals surface area contributed by atoms with Crippen molar-refractivity contribution < 1.29 is 4.74 Å². The molecule has 0 bridgehead atoms. The van der Waals surface area contributed by atoms with Crippen molar-refractivity contribution in [3.8, 4) is 28.3 Å². The summed E-state index contributed by atoms with van der Waals surface area (Å²) in [4.78, 5) is 0. The third-order valence-electron chi connectivity index (χ3n) is 4.69. The molecule has 3 aromatic carbocycles. The van der Waals surface area contributed by atoms with E-state index < -0.39 is 0 Å². The molecule has 0 aliphatic carbocycles. The van der Waals surface area contributed by atoms with Crippen molar-refractivity contribution in [3.63, 3.8) is 0 Å². The van der Waals surface area contributed by atoms with Crippen LogP contribution in [0.4, 0.5) is 0 Å². The highest BCUT2D eigenvalue weighted by Gasteiger charge is 2.14. The van der Waals surface area contributed by atoms with Crippen LogP contribution in [0.5, 0.6) is 5.75 Å². The fraction of sp³-hybridized carbons (Fsp3) is 0.136. The van der Waals surface area contributed by atoms with Crippen LogP contribution in [-0.4, -0.2) is 35.2 Å². The number of tetrazole rings is 1. The third-order valence-corrected chi connectivity index (χ3v) is 4.69. The van der Waals surface area contributed by atoms with Gasteiger partial charge in [0.1, 0.15) is 5.75 Å². The number of ether oxygens (including phenoxy) is 1. The van der Waals surface area contributed by atoms with Gasteiger partial charge in [-0.15, -0.1) is 5.10 Å². The highest BCUT2D eigenvalue weighted by Crippen LogP contribution is 2.31. The zero-order valence-corrected chi connectivity index (χ0v) is 15.6. The predicted octanol–water partition coefficient (Wildman–Crippen LogP) is 3.73. The van der Waals surface area contributed by atoms with Crippen molar-refractivity contribution in [2.45, 2.75) is 12.9 Å². The van der Waals surface area contributed by atoms with Gasteiger partial charge in [-0.3, -0.25) is 0 Å². The maximum atomic E-state index is 5.72. The van der Waals surface area contributed by atoms with Gasteiger partial charge in [-0.25, -0.2) is 4.68 Å². The number of hydrogen-bond donors (Lipinski definition) is 0. The molecular formula is C22H19BN4O. The minimum atomic E-state index is 0.530. The zero-order valence-electron chi connectivity index (χ0n) is 15.6. The summed E-state index contributed by atoms with van der Waals surface area (Å²) in [7, 11) is 7.38. The Morgan fingerprint density at radius 1 is 0.857 bits per heavy atom. The molecule has 2 radical (unpaired) electrons. The molecule has 0 saturated carbocycles. The van der Waals surface area contributed by atoms with Gasteiger partial charge in [0.25, 0.3) is 0 Å². The summed E-state index contributed by atoms with van der Waals surface area (Å²) in [5, 5.41) is 12.4. The van der Waals surface area contributed by atoms with E-state index >= 15 is 0 Å². The van der Waals surface area contributed by atoms with Crippen LogP contribution in [0.15, 0.2) is 72.8 Å². The minimum Gasteiger partial charge on any atom is -0.497 e. The Labute approximate surface area is 165 Å². The van der Waals surface area contributed by atoms with Gasteiger partial charge in [-0.1, -0.05) is 72.5 Å². The summed E-state index contributed by atoms with van der Waals surface area (Å²) < 4.78 is 7.04. The van der Waals surface area contributed by atoms with E-state index in [9.17, 15) is 0 Å². The van der Waals surface area contributed by atoms with Crippen LogP contribution >= 0.6 is 0 Å². The number of hydrogen-bond acceptors (Lipinski definition) is 4. The summed E-state index contributed by atoms with van der Waals surface area (Å²) in [5.74, 6) is 1.56. The van der Waals surface area contributed by atoms with Crippen LogP contribution < -0.4 is 4.74 Å². The van der Waals surface area contributed by atoms with Crippen molar-refractivity contribution in [2.24, 2.45) is 0 Å². The smallest absolute Gasteiger partial charge is 0.182 e. The van der Waals surface area contributed by atoms with E-state index in [-0.39, 0.29) is 0 Å². The van der Waals surface area contributed by atoms with Gasteiger partial charge >= 0.3 is 0 Å². The lowest BCUT2D eigenvalue weighted by atomic mass is 9.93. The Bertz CT molecular complexity index is 1060. The van der Waals surface area contributed by atoms with Gasteiger partial charge in [0.15, 0.2) is 5.82 Å². The Kier molecular flexibility index (Phi) is 5.19. The largest absolute Gasteiger partial charge is 0.497 e. The first-order valence-electron chi connectivity index (χ1n) is 9.06. The molecule has 0 unspecified atom stereocenters. The Morgan fingerprint density at radius 3 is 2.21 bits per heavy atom. The maximum Gasteiger partial charge on any atom is 0.182 e. The van der Waals surface area contributed by atoms with E-state index in [1.165, 1.54) is 0 Å². The van der Waals surface area contributed by atoms with Crippen LogP contribution in [0.3, 0.4) is 0 Å². The van der Waals surface area contributed by atoms with Crippen molar-refractivity contribution in [3.05, 3.63) is 83.9 Å². The molecule has 6 heteroatoms. The standard InChI is InChI=1S/C22H19BN4O/c1-28-19-12-8-17(9-13-19)15-27-22(24-25-26-27)21-5-3-2-4-20(21)18-10-6-16(14-23)7-11-18/h2-13H,14-15H2,1H3. The molecule has 0 atom stereocenters. The van der Waals surface area contributed by atoms with Gasteiger partial charge in [0.05, 0.1) is 21.5 Å². The van der Waals surface area contributed by atoms with Gasteiger partial charge in [-0.2, -0.15) is 0 Å². The summed E-state index contributed by atoms with van der Waals surface area (Å²) >= 11 is 0. The lowest BCUT2D eigenvalue weighted by Crippen LogP contribution is -2.05. The van der Waals surface area contributed by atoms with Gasteiger partial charge in [-0.05, 0) is 39.2 Å². The molecule has 0 N–H and O–H groups in total. The first-order chi connectivity index (χ1) is 13.8. The highest BCUT2D eigenvalue weighted by molar-refractivity contribution is 6.08. The molecule has 4 aromatic rings. The first kappa shape index (κ1) is 18.0. The molecule has 0 fully saturated rings. The average molecular weight is 366 g/mol. The monoisotopic (exact) mass is 366 g/mol.